The predicted octanol–water partition coefficient (Wildman–Crippen LogP) is 4.98. The Kier molecular flexibility index (Phi) is 7.13. The highest BCUT2D eigenvalue weighted by atomic mass is 32.9. The molecular weight excluding hydrogens is 259 g/mol. The summed E-state index contributed by atoms with van der Waals surface area (Å²) < 4.78 is 11.8. The van der Waals surface area contributed by atoms with E-state index >= 15 is 0 Å². The van der Waals surface area contributed by atoms with Crippen LogP contribution in [0.1, 0.15) is 54.9 Å². The molecule has 0 saturated heterocycles. The zero-order chi connectivity index (χ0) is 13.0. The summed E-state index contributed by atoms with van der Waals surface area (Å²) in [4.78, 5) is 0. The summed E-state index contributed by atoms with van der Waals surface area (Å²) in [5.74, 6) is 0. The molecule has 0 radical (unpaired) electrons. The topological polar surface area (TPSA) is 18.5 Å². The normalized spacial score (nSPS) is 13.8. The van der Waals surface area contributed by atoms with E-state index in [0.717, 1.165) is 6.42 Å². The first-order valence-electron chi connectivity index (χ1n) is 5.78. The Morgan fingerprint density at radius 3 is 1.75 bits per heavy atom. The fourth-order valence-corrected chi connectivity index (χ4v) is 9.20. The van der Waals surface area contributed by atoms with Crippen LogP contribution >= 0.6 is 17.1 Å². The van der Waals surface area contributed by atoms with Gasteiger partial charge in [-0.3, -0.25) is 0 Å². The maximum absolute atomic E-state index is 5.85. The Balaban J connectivity index is 4.73. The van der Waals surface area contributed by atoms with Crippen molar-refractivity contribution in [2.75, 3.05) is 0 Å². The van der Waals surface area contributed by atoms with Gasteiger partial charge >= 0.3 is 0 Å². The highest BCUT2D eigenvalue weighted by Crippen LogP contribution is 2.67. The largest absolute Gasteiger partial charge is 0.319 e. The van der Waals surface area contributed by atoms with Crippen LogP contribution in [0.3, 0.4) is 0 Å². The molecule has 0 aromatic rings. The number of hydrogen-bond acceptors (Lipinski definition) is 4. The zero-order valence-electron chi connectivity index (χ0n) is 11.4. The minimum atomic E-state index is -2.22. The van der Waals surface area contributed by atoms with Gasteiger partial charge in [0.25, 0.3) is 0 Å². The van der Waals surface area contributed by atoms with Gasteiger partial charge < -0.3 is 9.05 Å². The first-order valence-corrected chi connectivity index (χ1v) is 9.84. The Morgan fingerprint density at radius 2 is 1.50 bits per heavy atom. The molecule has 0 aromatic carbocycles. The van der Waals surface area contributed by atoms with E-state index in [0.29, 0.717) is 0 Å². The molecule has 98 valence electrons. The molecule has 0 rings (SSSR count). The van der Waals surface area contributed by atoms with Gasteiger partial charge in [0.1, 0.15) is 0 Å². The lowest BCUT2D eigenvalue weighted by Gasteiger charge is -2.32. The third-order valence-corrected chi connectivity index (χ3v) is 8.11. The highest BCUT2D eigenvalue weighted by Gasteiger charge is 2.31. The predicted molar refractivity (Wildman–Crippen MR) is 78.7 cm³/mol. The van der Waals surface area contributed by atoms with Crippen molar-refractivity contribution in [2.45, 2.75) is 71.8 Å². The number of rotatable bonds is 7. The first kappa shape index (κ1) is 16.9. The van der Waals surface area contributed by atoms with Gasteiger partial charge in [-0.15, -0.1) is 0 Å². The lowest BCUT2D eigenvalue weighted by atomic mass is 10.1. The highest BCUT2D eigenvalue weighted by molar-refractivity contribution is 8.68. The summed E-state index contributed by atoms with van der Waals surface area (Å²) in [5.41, 5.74) is -2.22. The lowest BCUT2D eigenvalue weighted by Crippen LogP contribution is -2.15. The van der Waals surface area contributed by atoms with Crippen LogP contribution in [0.2, 0.25) is 0 Å². The fourth-order valence-electron chi connectivity index (χ4n) is 0.951. The molecule has 0 atom stereocenters. The van der Waals surface area contributed by atoms with Crippen molar-refractivity contribution in [3.63, 3.8) is 0 Å². The van der Waals surface area contributed by atoms with Crippen molar-refractivity contribution in [2.24, 2.45) is 0 Å². The van der Waals surface area contributed by atoms with E-state index in [1.165, 1.54) is 0 Å². The monoisotopic (exact) mass is 284 g/mol. The van der Waals surface area contributed by atoms with Crippen LogP contribution in [-0.2, 0) is 20.9 Å². The summed E-state index contributed by atoms with van der Waals surface area (Å²) >= 11 is 7.29. The van der Waals surface area contributed by atoms with Gasteiger partial charge in [0.15, 0.2) is 0 Å². The molecule has 0 N–H and O–H groups in total. The Labute approximate surface area is 110 Å². The molecule has 0 aromatic heterocycles. The van der Waals surface area contributed by atoms with Gasteiger partial charge in [-0.1, -0.05) is 32.2 Å². The van der Waals surface area contributed by atoms with Gasteiger partial charge in [0, 0.05) is 4.75 Å². The van der Waals surface area contributed by atoms with E-state index in [9.17, 15) is 0 Å². The lowest BCUT2D eigenvalue weighted by molar-refractivity contribution is 0.186. The molecule has 0 saturated carbocycles. The number of hydrogen-bond donors (Lipinski definition) is 0. The summed E-state index contributed by atoms with van der Waals surface area (Å²) in [6.45, 7) is 14.6. The second-order valence-electron chi connectivity index (χ2n) is 4.96. The molecule has 0 fully saturated rings. The SMILES string of the molecule is CCC(C)(C)SP(=S)(OC(C)C)OC(C)C. The average molecular weight is 284 g/mol. The molecular formula is C11H25O2PS2. The van der Waals surface area contributed by atoms with Gasteiger partial charge in [0.05, 0.1) is 12.2 Å². The zero-order valence-corrected chi connectivity index (χ0v) is 14.0. The van der Waals surface area contributed by atoms with Gasteiger partial charge in [0.2, 0.25) is 5.69 Å². The van der Waals surface area contributed by atoms with Crippen molar-refractivity contribution >= 4 is 28.9 Å². The minimum absolute atomic E-state index is 0.110. The van der Waals surface area contributed by atoms with Crippen molar-refractivity contribution in [3.05, 3.63) is 0 Å². The molecule has 2 nitrogen and oxygen atoms in total. The van der Waals surface area contributed by atoms with Crippen LogP contribution < -0.4 is 0 Å². The first-order chi connectivity index (χ1) is 7.10. The van der Waals surface area contributed by atoms with Gasteiger partial charge in [-0.05, 0) is 45.9 Å². The van der Waals surface area contributed by atoms with Crippen LogP contribution in [0, 0.1) is 0 Å². The Morgan fingerprint density at radius 1 is 1.12 bits per heavy atom. The standard InChI is InChI=1S/C11H25O2PS2/c1-8-11(6,7)16-14(15,12-9(2)3)13-10(4)5/h9-10H,8H2,1-7H3. The molecule has 0 unspecified atom stereocenters. The van der Waals surface area contributed by atoms with Crippen LogP contribution in [0.15, 0.2) is 0 Å². The summed E-state index contributed by atoms with van der Waals surface area (Å²) in [5, 5.41) is 0. The van der Waals surface area contributed by atoms with E-state index in [1.807, 2.05) is 27.7 Å². The summed E-state index contributed by atoms with van der Waals surface area (Å²) in [7, 11) is 0. The Bertz CT molecular complexity index is 238. The molecule has 5 heteroatoms. The van der Waals surface area contributed by atoms with Crippen LogP contribution in [0.5, 0.6) is 0 Å². The van der Waals surface area contributed by atoms with Crippen LogP contribution in [0.25, 0.3) is 0 Å². The Hall–Kier alpha value is 0.920. The maximum Gasteiger partial charge on any atom is 0.248 e. The smallest absolute Gasteiger partial charge is 0.248 e. The molecule has 0 heterocycles. The maximum atomic E-state index is 5.85. The molecule has 0 amide bonds. The van der Waals surface area contributed by atoms with Crippen molar-refractivity contribution in [3.8, 4) is 0 Å². The van der Waals surface area contributed by atoms with Crippen molar-refractivity contribution in [1.29, 1.82) is 0 Å². The molecule has 0 bridgehead atoms. The van der Waals surface area contributed by atoms with E-state index in [2.05, 4.69) is 20.8 Å². The minimum Gasteiger partial charge on any atom is -0.319 e. The van der Waals surface area contributed by atoms with Crippen molar-refractivity contribution < 1.29 is 9.05 Å². The van der Waals surface area contributed by atoms with Crippen LogP contribution in [-0.4, -0.2) is 17.0 Å². The second-order valence-corrected chi connectivity index (χ2v) is 11.7. The van der Waals surface area contributed by atoms with Crippen LogP contribution in [0.4, 0.5) is 0 Å². The molecule has 0 aliphatic rings. The summed E-state index contributed by atoms with van der Waals surface area (Å²) in [6, 6.07) is 0. The fraction of sp³-hybridized carbons (Fsp3) is 1.00. The van der Waals surface area contributed by atoms with Gasteiger partial charge in [-0.2, -0.15) is 0 Å². The molecule has 0 spiro atoms. The van der Waals surface area contributed by atoms with E-state index in [-0.39, 0.29) is 17.0 Å². The molecule has 0 aliphatic heterocycles. The van der Waals surface area contributed by atoms with Crippen molar-refractivity contribution in [1.82, 2.24) is 0 Å². The van der Waals surface area contributed by atoms with E-state index in [4.69, 9.17) is 20.9 Å². The van der Waals surface area contributed by atoms with E-state index < -0.39 is 5.69 Å². The van der Waals surface area contributed by atoms with Gasteiger partial charge in [-0.25, -0.2) is 0 Å². The summed E-state index contributed by atoms with van der Waals surface area (Å²) in [6.07, 6.45) is 1.29. The quantitative estimate of drug-likeness (QED) is 0.613. The second kappa shape index (κ2) is 6.75. The average Bonchev–Trinajstić information content (AvgIpc) is 1.98. The molecule has 0 aliphatic carbocycles. The molecule has 16 heavy (non-hydrogen) atoms. The third-order valence-electron chi connectivity index (χ3n) is 1.89. The third kappa shape index (κ3) is 7.29. The van der Waals surface area contributed by atoms with E-state index in [1.54, 1.807) is 11.4 Å².